The Labute approximate surface area is 159 Å². The van der Waals surface area contributed by atoms with Crippen molar-refractivity contribution in [3.05, 3.63) is 65.5 Å². The van der Waals surface area contributed by atoms with Gasteiger partial charge in [0.2, 0.25) is 0 Å². The van der Waals surface area contributed by atoms with Crippen molar-refractivity contribution in [2.24, 2.45) is 0 Å². The molecule has 0 saturated heterocycles. The first kappa shape index (κ1) is 19.0. The number of halogens is 2. The van der Waals surface area contributed by atoms with Gasteiger partial charge >= 0.3 is 6.61 Å². The van der Waals surface area contributed by atoms with Crippen LogP contribution in [0.25, 0.3) is 5.69 Å². The summed E-state index contributed by atoms with van der Waals surface area (Å²) in [6.07, 6.45) is 1.61. The number of aromatic nitrogens is 3. The molecule has 0 fully saturated rings. The molecule has 0 aliphatic rings. The number of benzene rings is 2. The fraction of sp³-hybridized carbons (Fsp3) is 0.211. The normalized spacial score (nSPS) is 11.0. The van der Waals surface area contributed by atoms with Gasteiger partial charge in [-0.2, -0.15) is 8.78 Å². The molecule has 27 heavy (non-hydrogen) atoms. The standard InChI is InChI=1S/C19H17F2N3O2S/c1-12-3-8-16(13(2)9-12)24-11-22-23-19(24)27-10-17(25)14-4-6-15(7-5-14)26-18(20)21/h3-9,11,18H,10H2,1-2H3. The summed E-state index contributed by atoms with van der Waals surface area (Å²) in [5.74, 6) is 0.0288. The number of thioether (sulfide) groups is 1. The van der Waals surface area contributed by atoms with E-state index in [0.717, 1.165) is 16.8 Å². The summed E-state index contributed by atoms with van der Waals surface area (Å²) in [7, 11) is 0. The summed E-state index contributed by atoms with van der Waals surface area (Å²) < 4.78 is 30.5. The van der Waals surface area contributed by atoms with Gasteiger partial charge in [-0.1, -0.05) is 29.5 Å². The van der Waals surface area contributed by atoms with Crippen LogP contribution in [-0.4, -0.2) is 32.9 Å². The van der Waals surface area contributed by atoms with Gasteiger partial charge in [0.05, 0.1) is 11.4 Å². The minimum Gasteiger partial charge on any atom is -0.435 e. The number of Topliss-reactive ketones (excluding diaryl/α,β-unsaturated/α-hetero) is 1. The predicted octanol–water partition coefficient (Wildman–Crippen LogP) is 4.46. The first-order valence-electron chi connectivity index (χ1n) is 8.12. The highest BCUT2D eigenvalue weighted by molar-refractivity contribution is 7.99. The second-order valence-electron chi connectivity index (χ2n) is 5.89. The molecular formula is C19H17F2N3O2S. The van der Waals surface area contributed by atoms with Gasteiger partial charge in [0.15, 0.2) is 10.9 Å². The molecule has 3 rings (SSSR count). The highest BCUT2D eigenvalue weighted by Crippen LogP contribution is 2.24. The average Bonchev–Trinajstić information content (AvgIpc) is 3.08. The van der Waals surface area contributed by atoms with E-state index in [1.165, 1.54) is 36.0 Å². The number of aryl methyl sites for hydroxylation is 2. The molecule has 0 N–H and O–H groups in total. The smallest absolute Gasteiger partial charge is 0.387 e. The van der Waals surface area contributed by atoms with Crippen molar-refractivity contribution in [3.8, 4) is 11.4 Å². The largest absolute Gasteiger partial charge is 0.435 e. The zero-order valence-corrected chi connectivity index (χ0v) is 15.5. The van der Waals surface area contributed by atoms with E-state index in [1.54, 1.807) is 6.33 Å². The van der Waals surface area contributed by atoms with E-state index in [9.17, 15) is 13.6 Å². The Morgan fingerprint density at radius 2 is 1.93 bits per heavy atom. The molecule has 5 nitrogen and oxygen atoms in total. The van der Waals surface area contributed by atoms with Crippen LogP contribution in [0.15, 0.2) is 53.9 Å². The van der Waals surface area contributed by atoms with Crippen molar-refractivity contribution in [1.29, 1.82) is 0 Å². The molecule has 0 spiro atoms. The zero-order chi connectivity index (χ0) is 19.4. The van der Waals surface area contributed by atoms with Gasteiger partial charge in [0.25, 0.3) is 0 Å². The number of carbonyl (C=O) groups is 1. The lowest BCUT2D eigenvalue weighted by atomic mass is 10.1. The summed E-state index contributed by atoms with van der Waals surface area (Å²) in [5, 5.41) is 8.64. The maximum absolute atomic E-state index is 12.4. The fourth-order valence-electron chi connectivity index (χ4n) is 2.60. The van der Waals surface area contributed by atoms with Crippen molar-refractivity contribution in [1.82, 2.24) is 14.8 Å². The first-order valence-corrected chi connectivity index (χ1v) is 9.11. The van der Waals surface area contributed by atoms with Gasteiger partial charge in [0.1, 0.15) is 12.1 Å². The number of ketones is 1. The number of carbonyl (C=O) groups excluding carboxylic acids is 1. The third-order valence-electron chi connectivity index (χ3n) is 3.86. The Hall–Kier alpha value is -2.74. The van der Waals surface area contributed by atoms with Crippen LogP contribution in [0, 0.1) is 13.8 Å². The van der Waals surface area contributed by atoms with Crippen molar-refractivity contribution >= 4 is 17.5 Å². The van der Waals surface area contributed by atoms with Crippen LogP contribution in [0.1, 0.15) is 21.5 Å². The summed E-state index contributed by atoms with van der Waals surface area (Å²) >= 11 is 1.27. The lowest BCUT2D eigenvalue weighted by Gasteiger charge is -2.10. The van der Waals surface area contributed by atoms with Gasteiger partial charge < -0.3 is 4.74 Å². The number of nitrogens with zero attached hydrogens (tertiary/aromatic N) is 3. The van der Waals surface area contributed by atoms with Crippen LogP contribution in [0.4, 0.5) is 8.78 Å². The van der Waals surface area contributed by atoms with Crippen LogP contribution >= 0.6 is 11.8 Å². The lowest BCUT2D eigenvalue weighted by molar-refractivity contribution is -0.0498. The van der Waals surface area contributed by atoms with Crippen molar-refractivity contribution in [2.45, 2.75) is 25.6 Å². The Balaban J connectivity index is 1.69. The van der Waals surface area contributed by atoms with E-state index in [2.05, 4.69) is 21.0 Å². The lowest BCUT2D eigenvalue weighted by Crippen LogP contribution is -2.06. The molecule has 0 amide bonds. The predicted molar refractivity (Wildman–Crippen MR) is 99.0 cm³/mol. The number of hydrogen-bond donors (Lipinski definition) is 0. The Kier molecular flexibility index (Phi) is 5.85. The highest BCUT2D eigenvalue weighted by atomic mass is 32.2. The van der Waals surface area contributed by atoms with Crippen LogP contribution < -0.4 is 4.74 Å². The third-order valence-corrected chi connectivity index (χ3v) is 4.81. The van der Waals surface area contributed by atoms with E-state index in [4.69, 9.17) is 0 Å². The summed E-state index contributed by atoms with van der Waals surface area (Å²) in [6, 6.07) is 11.7. The zero-order valence-electron chi connectivity index (χ0n) is 14.7. The molecule has 0 unspecified atom stereocenters. The van der Waals surface area contributed by atoms with Crippen molar-refractivity contribution in [3.63, 3.8) is 0 Å². The topological polar surface area (TPSA) is 57.0 Å². The van der Waals surface area contributed by atoms with Crippen LogP contribution in [0.2, 0.25) is 0 Å². The molecule has 0 saturated carbocycles. The van der Waals surface area contributed by atoms with E-state index < -0.39 is 6.61 Å². The molecule has 3 aromatic rings. The number of rotatable bonds is 7. The summed E-state index contributed by atoms with van der Waals surface area (Å²) in [5.41, 5.74) is 3.61. The van der Waals surface area contributed by atoms with E-state index in [1.807, 2.05) is 30.5 Å². The second-order valence-corrected chi connectivity index (χ2v) is 6.83. The maximum atomic E-state index is 12.4. The molecule has 0 atom stereocenters. The van der Waals surface area contributed by atoms with Gasteiger partial charge in [0, 0.05) is 5.56 Å². The van der Waals surface area contributed by atoms with E-state index >= 15 is 0 Å². The third kappa shape index (κ3) is 4.71. The van der Waals surface area contributed by atoms with E-state index in [-0.39, 0.29) is 17.3 Å². The minimum absolute atomic E-state index is 0.0174. The molecule has 0 aliphatic heterocycles. The molecule has 8 heteroatoms. The van der Waals surface area contributed by atoms with Gasteiger partial charge in [-0.05, 0) is 49.7 Å². The molecule has 0 aliphatic carbocycles. The van der Waals surface area contributed by atoms with Gasteiger partial charge in [-0.15, -0.1) is 10.2 Å². The summed E-state index contributed by atoms with van der Waals surface area (Å²) in [6.45, 7) is 1.14. The maximum Gasteiger partial charge on any atom is 0.387 e. The Morgan fingerprint density at radius 3 is 2.59 bits per heavy atom. The molecule has 1 heterocycles. The first-order chi connectivity index (χ1) is 12.9. The molecule has 2 aromatic carbocycles. The number of alkyl halides is 2. The Morgan fingerprint density at radius 1 is 1.19 bits per heavy atom. The fourth-order valence-corrected chi connectivity index (χ4v) is 3.42. The van der Waals surface area contributed by atoms with Crippen molar-refractivity contribution in [2.75, 3.05) is 5.75 Å². The molecule has 0 radical (unpaired) electrons. The van der Waals surface area contributed by atoms with Crippen LogP contribution in [0.5, 0.6) is 5.75 Å². The minimum atomic E-state index is -2.89. The number of ether oxygens (including phenoxy) is 1. The number of hydrogen-bond acceptors (Lipinski definition) is 5. The van der Waals surface area contributed by atoms with Crippen LogP contribution in [0.3, 0.4) is 0 Å². The molecule has 1 aromatic heterocycles. The van der Waals surface area contributed by atoms with Crippen molar-refractivity contribution < 1.29 is 18.3 Å². The SMILES string of the molecule is Cc1ccc(-n2cnnc2SCC(=O)c2ccc(OC(F)F)cc2)c(C)c1. The molecular weight excluding hydrogens is 372 g/mol. The monoisotopic (exact) mass is 389 g/mol. The average molecular weight is 389 g/mol. The highest BCUT2D eigenvalue weighted by Gasteiger charge is 2.13. The van der Waals surface area contributed by atoms with Crippen LogP contribution in [-0.2, 0) is 0 Å². The quantitative estimate of drug-likeness (QED) is 0.441. The Bertz CT molecular complexity index is 942. The molecule has 0 bridgehead atoms. The van der Waals surface area contributed by atoms with Gasteiger partial charge in [-0.3, -0.25) is 9.36 Å². The van der Waals surface area contributed by atoms with Gasteiger partial charge in [-0.25, -0.2) is 0 Å². The van der Waals surface area contributed by atoms with E-state index in [0.29, 0.717) is 10.7 Å². The second kappa shape index (κ2) is 8.30. The molecule has 140 valence electrons. The summed E-state index contributed by atoms with van der Waals surface area (Å²) in [4.78, 5) is 12.4.